The molecule has 0 saturated carbocycles. The molecule has 0 aliphatic heterocycles. The van der Waals surface area contributed by atoms with Gasteiger partial charge in [-0.25, -0.2) is 0 Å². The maximum atomic E-state index is 11.7. The minimum absolute atomic E-state index is 0.0678. The van der Waals surface area contributed by atoms with Crippen LogP contribution in [0.3, 0.4) is 0 Å². The van der Waals surface area contributed by atoms with Gasteiger partial charge in [-0.15, -0.1) is 0 Å². The number of benzene rings is 1. The zero-order chi connectivity index (χ0) is 15.7. The molecule has 1 aromatic rings. The predicted molar refractivity (Wildman–Crippen MR) is 77.9 cm³/mol. The molecular formula is C15H19NO5. The molecule has 114 valence electrons. The zero-order valence-corrected chi connectivity index (χ0v) is 12.1. The van der Waals surface area contributed by atoms with Crippen molar-refractivity contribution in [1.29, 1.82) is 0 Å². The molecule has 1 rings (SSSR count). The summed E-state index contributed by atoms with van der Waals surface area (Å²) in [6.45, 7) is 0.365. The lowest BCUT2D eigenvalue weighted by atomic mass is 10.2. The SMILES string of the molecule is COCOc1ccc(/C=C/C(=O)N(C)CCC(=O)O)cc1. The number of aliphatic carboxylic acids is 1. The molecule has 0 heterocycles. The molecule has 1 aromatic carbocycles. The Hall–Kier alpha value is -2.34. The highest BCUT2D eigenvalue weighted by molar-refractivity contribution is 5.91. The average molecular weight is 293 g/mol. The summed E-state index contributed by atoms with van der Waals surface area (Å²) in [4.78, 5) is 23.5. The van der Waals surface area contributed by atoms with Crippen molar-refractivity contribution in [3.63, 3.8) is 0 Å². The highest BCUT2D eigenvalue weighted by Gasteiger charge is 2.06. The molecule has 0 aliphatic rings. The Bertz CT molecular complexity index is 495. The number of methoxy groups -OCH3 is 1. The van der Waals surface area contributed by atoms with Crippen LogP contribution in [0.15, 0.2) is 30.3 Å². The second kappa shape index (κ2) is 8.76. The maximum absolute atomic E-state index is 11.7. The number of rotatable bonds is 8. The van der Waals surface area contributed by atoms with Gasteiger partial charge in [0.15, 0.2) is 6.79 Å². The van der Waals surface area contributed by atoms with Crippen LogP contribution in [0.2, 0.25) is 0 Å². The number of ether oxygens (including phenoxy) is 2. The molecule has 0 bridgehead atoms. The lowest BCUT2D eigenvalue weighted by molar-refractivity contribution is -0.137. The number of nitrogens with zero attached hydrogens (tertiary/aromatic N) is 1. The van der Waals surface area contributed by atoms with Crippen molar-refractivity contribution in [1.82, 2.24) is 4.90 Å². The Balaban J connectivity index is 2.51. The fourth-order valence-corrected chi connectivity index (χ4v) is 1.47. The van der Waals surface area contributed by atoms with E-state index in [0.29, 0.717) is 5.75 Å². The number of amides is 1. The first-order valence-electron chi connectivity index (χ1n) is 6.39. The lowest BCUT2D eigenvalue weighted by Crippen LogP contribution is -2.27. The van der Waals surface area contributed by atoms with Crippen LogP contribution in [0.5, 0.6) is 5.75 Å². The Labute approximate surface area is 123 Å². The van der Waals surface area contributed by atoms with Gasteiger partial charge in [0, 0.05) is 26.8 Å². The van der Waals surface area contributed by atoms with E-state index in [1.54, 1.807) is 32.4 Å². The maximum Gasteiger partial charge on any atom is 0.305 e. The molecule has 0 spiro atoms. The topological polar surface area (TPSA) is 76.1 Å². The first kappa shape index (κ1) is 16.7. The van der Waals surface area contributed by atoms with Gasteiger partial charge in [-0.3, -0.25) is 9.59 Å². The predicted octanol–water partition coefficient (Wildman–Crippen LogP) is 1.62. The summed E-state index contributed by atoms with van der Waals surface area (Å²) in [7, 11) is 3.11. The largest absolute Gasteiger partial charge is 0.481 e. The number of carboxylic acid groups (broad SMARTS) is 1. The number of likely N-dealkylation sites (N-methyl/N-ethyl adjacent to an activating group) is 1. The second-order valence-electron chi connectivity index (χ2n) is 4.36. The summed E-state index contributed by atoms with van der Waals surface area (Å²) in [6, 6.07) is 7.17. The van der Waals surface area contributed by atoms with Crippen LogP contribution in [0, 0.1) is 0 Å². The first-order chi connectivity index (χ1) is 10.0. The van der Waals surface area contributed by atoms with E-state index in [-0.39, 0.29) is 25.7 Å². The molecule has 1 N–H and O–H groups in total. The van der Waals surface area contributed by atoms with E-state index in [2.05, 4.69) is 0 Å². The van der Waals surface area contributed by atoms with Crippen LogP contribution >= 0.6 is 0 Å². The monoisotopic (exact) mass is 293 g/mol. The normalized spacial score (nSPS) is 10.6. The van der Waals surface area contributed by atoms with Gasteiger partial charge in [0.25, 0.3) is 0 Å². The number of hydrogen-bond donors (Lipinski definition) is 1. The van der Waals surface area contributed by atoms with Crippen molar-refractivity contribution >= 4 is 18.0 Å². The molecule has 0 saturated heterocycles. The third-order valence-electron chi connectivity index (χ3n) is 2.68. The van der Waals surface area contributed by atoms with Crippen molar-refractivity contribution in [2.45, 2.75) is 6.42 Å². The fourth-order valence-electron chi connectivity index (χ4n) is 1.47. The van der Waals surface area contributed by atoms with E-state index in [0.717, 1.165) is 5.56 Å². The van der Waals surface area contributed by atoms with Crippen LogP contribution < -0.4 is 4.74 Å². The number of hydrogen-bond acceptors (Lipinski definition) is 4. The smallest absolute Gasteiger partial charge is 0.305 e. The zero-order valence-electron chi connectivity index (χ0n) is 12.1. The molecule has 6 heteroatoms. The van der Waals surface area contributed by atoms with Crippen molar-refractivity contribution in [3.05, 3.63) is 35.9 Å². The minimum Gasteiger partial charge on any atom is -0.481 e. The van der Waals surface area contributed by atoms with Gasteiger partial charge in [0.05, 0.1) is 6.42 Å². The van der Waals surface area contributed by atoms with Gasteiger partial charge in [0.1, 0.15) is 5.75 Å². The van der Waals surface area contributed by atoms with E-state index in [4.69, 9.17) is 14.6 Å². The summed E-state index contributed by atoms with van der Waals surface area (Å²) in [5, 5.41) is 8.56. The lowest BCUT2D eigenvalue weighted by Gasteiger charge is -2.13. The quantitative estimate of drug-likeness (QED) is 0.582. The number of carboxylic acids is 1. The highest BCUT2D eigenvalue weighted by Crippen LogP contribution is 2.13. The van der Waals surface area contributed by atoms with Gasteiger partial charge in [-0.2, -0.15) is 0 Å². The van der Waals surface area contributed by atoms with Crippen LogP contribution in [0.25, 0.3) is 6.08 Å². The summed E-state index contributed by atoms with van der Waals surface area (Å²) in [5.74, 6) is -0.486. The Kier molecular flexibility index (Phi) is 6.97. The molecule has 0 fully saturated rings. The molecule has 21 heavy (non-hydrogen) atoms. The van der Waals surface area contributed by atoms with Crippen LogP contribution in [0.4, 0.5) is 0 Å². The van der Waals surface area contributed by atoms with Gasteiger partial charge in [-0.1, -0.05) is 12.1 Å². The number of carbonyl (C=O) groups excluding carboxylic acids is 1. The van der Waals surface area contributed by atoms with Gasteiger partial charge in [0.2, 0.25) is 5.91 Å². The summed E-state index contributed by atoms with van der Waals surface area (Å²) in [6.07, 6.45) is 3.01. The van der Waals surface area contributed by atoms with E-state index >= 15 is 0 Å². The van der Waals surface area contributed by atoms with Crippen LogP contribution in [0.1, 0.15) is 12.0 Å². The standard InChI is InChI=1S/C15H19NO5/c1-16(10-9-15(18)19)14(17)8-5-12-3-6-13(7-4-12)21-11-20-2/h3-8H,9-11H2,1-2H3,(H,18,19)/b8-5+. The molecular weight excluding hydrogens is 274 g/mol. The Morgan fingerprint density at radius 1 is 1.29 bits per heavy atom. The summed E-state index contributed by atoms with van der Waals surface area (Å²) >= 11 is 0. The fraction of sp³-hybridized carbons (Fsp3) is 0.333. The molecule has 0 atom stereocenters. The third kappa shape index (κ3) is 6.58. The molecule has 0 radical (unpaired) electrons. The molecule has 0 aliphatic carbocycles. The minimum atomic E-state index is -0.926. The van der Waals surface area contributed by atoms with E-state index < -0.39 is 5.97 Å². The Morgan fingerprint density at radius 2 is 1.95 bits per heavy atom. The van der Waals surface area contributed by atoms with Gasteiger partial charge in [-0.05, 0) is 23.8 Å². The van der Waals surface area contributed by atoms with Gasteiger partial charge < -0.3 is 19.5 Å². The van der Waals surface area contributed by atoms with E-state index in [1.165, 1.54) is 11.0 Å². The van der Waals surface area contributed by atoms with Gasteiger partial charge >= 0.3 is 5.97 Å². The van der Waals surface area contributed by atoms with E-state index in [1.807, 2.05) is 12.1 Å². The Morgan fingerprint density at radius 3 is 2.52 bits per heavy atom. The van der Waals surface area contributed by atoms with Crippen LogP contribution in [-0.2, 0) is 14.3 Å². The van der Waals surface area contributed by atoms with E-state index in [9.17, 15) is 9.59 Å². The van der Waals surface area contributed by atoms with Crippen molar-refractivity contribution < 1.29 is 24.2 Å². The number of carbonyl (C=O) groups is 2. The average Bonchev–Trinajstić information content (AvgIpc) is 2.49. The summed E-state index contributed by atoms with van der Waals surface area (Å²) in [5.41, 5.74) is 0.847. The molecule has 0 unspecified atom stereocenters. The molecule has 0 aromatic heterocycles. The molecule has 6 nitrogen and oxygen atoms in total. The summed E-state index contributed by atoms with van der Waals surface area (Å²) < 4.78 is 10.0. The van der Waals surface area contributed by atoms with Crippen molar-refractivity contribution in [3.8, 4) is 5.75 Å². The third-order valence-corrected chi connectivity index (χ3v) is 2.68. The second-order valence-corrected chi connectivity index (χ2v) is 4.36. The highest BCUT2D eigenvalue weighted by atomic mass is 16.7. The van der Waals surface area contributed by atoms with Crippen LogP contribution in [-0.4, -0.2) is 49.4 Å². The first-order valence-corrected chi connectivity index (χ1v) is 6.39. The van der Waals surface area contributed by atoms with Crippen molar-refractivity contribution in [2.24, 2.45) is 0 Å². The van der Waals surface area contributed by atoms with Crippen molar-refractivity contribution in [2.75, 3.05) is 27.5 Å². The molecule has 1 amide bonds.